The third-order valence-electron chi connectivity index (χ3n) is 5.49. The molecule has 1 saturated heterocycles. The van der Waals surface area contributed by atoms with Crippen LogP contribution in [0.4, 0.5) is 5.13 Å². The molecule has 0 atom stereocenters. The predicted molar refractivity (Wildman–Crippen MR) is 123 cm³/mol. The minimum absolute atomic E-state index is 0.150. The number of fused-ring (bicyclic) bond motifs is 1. The first kappa shape index (κ1) is 21.0. The second kappa shape index (κ2) is 10.2. The number of hydrogen-bond donors (Lipinski definition) is 0. The Morgan fingerprint density at radius 1 is 1.17 bits per heavy atom. The average Bonchev–Trinajstić information content (AvgIpc) is 3.19. The van der Waals surface area contributed by atoms with Crippen molar-refractivity contribution in [3.05, 3.63) is 59.7 Å². The van der Waals surface area contributed by atoms with Gasteiger partial charge in [-0.15, -0.1) is 0 Å². The highest BCUT2D eigenvalue weighted by Crippen LogP contribution is 2.30. The van der Waals surface area contributed by atoms with Crippen LogP contribution in [-0.2, 0) is 16.0 Å². The van der Waals surface area contributed by atoms with Crippen LogP contribution in [0.2, 0.25) is 0 Å². The molecule has 0 radical (unpaired) electrons. The standard InChI is InChI=1S/C24H29N3O2S/c1-19-8-10-21-22(18-19)30-24(25-21)27(13-5-12-26-14-16-29-17-15-26)23(28)11-9-20-6-3-2-4-7-20/h2-4,6-8,10,18H,5,9,11-17H2,1H3. The number of carbonyl (C=O) groups is 1. The van der Waals surface area contributed by atoms with Crippen LogP contribution in [0.5, 0.6) is 0 Å². The maximum Gasteiger partial charge on any atom is 0.229 e. The van der Waals surface area contributed by atoms with Gasteiger partial charge in [0.15, 0.2) is 5.13 Å². The molecule has 0 bridgehead atoms. The zero-order chi connectivity index (χ0) is 20.8. The molecule has 1 aromatic heterocycles. The van der Waals surface area contributed by atoms with Gasteiger partial charge >= 0.3 is 0 Å². The Hall–Kier alpha value is -2.28. The van der Waals surface area contributed by atoms with Crippen molar-refractivity contribution in [2.45, 2.75) is 26.2 Å². The highest BCUT2D eigenvalue weighted by atomic mass is 32.1. The van der Waals surface area contributed by atoms with Crippen molar-refractivity contribution in [3.8, 4) is 0 Å². The van der Waals surface area contributed by atoms with Gasteiger partial charge in [-0.3, -0.25) is 14.6 Å². The lowest BCUT2D eigenvalue weighted by molar-refractivity contribution is -0.118. The van der Waals surface area contributed by atoms with Crippen molar-refractivity contribution in [3.63, 3.8) is 0 Å². The van der Waals surface area contributed by atoms with Crippen LogP contribution in [0.25, 0.3) is 10.2 Å². The van der Waals surface area contributed by atoms with Gasteiger partial charge in [0.05, 0.1) is 23.4 Å². The van der Waals surface area contributed by atoms with Gasteiger partial charge in [0.25, 0.3) is 0 Å². The monoisotopic (exact) mass is 423 g/mol. The van der Waals surface area contributed by atoms with Crippen LogP contribution in [0.1, 0.15) is 24.0 Å². The first-order valence-electron chi connectivity index (χ1n) is 10.7. The van der Waals surface area contributed by atoms with E-state index in [0.717, 1.165) is 61.0 Å². The number of anilines is 1. The number of thiazole rings is 1. The molecule has 158 valence electrons. The van der Waals surface area contributed by atoms with Gasteiger partial charge in [-0.2, -0.15) is 0 Å². The van der Waals surface area contributed by atoms with E-state index in [0.29, 0.717) is 13.0 Å². The lowest BCUT2D eigenvalue weighted by Gasteiger charge is -2.27. The van der Waals surface area contributed by atoms with Gasteiger partial charge in [-0.1, -0.05) is 47.7 Å². The smallest absolute Gasteiger partial charge is 0.229 e. The lowest BCUT2D eigenvalue weighted by Crippen LogP contribution is -2.39. The van der Waals surface area contributed by atoms with Crippen molar-refractivity contribution in [1.82, 2.24) is 9.88 Å². The third kappa shape index (κ3) is 5.45. The molecule has 1 aliphatic heterocycles. The van der Waals surface area contributed by atoms with E-state index in [4.69, 9.17) is 9.72 Å². The summed E-state index contributed by atoms with van der Waals surface area (Å²) in [5, 5.41) is 0.815. The molecule has 1 amide bonds. The molecule has 2 aromatic carbocycles. The summed E-state index contributed by atoms with van der Waals surface area (Å²) >= 11 is 1.62. The van der Waals surface area contributed by atoms with Crippen LogP contribution < -0.4 is 4.90 Å². The minimum Gasteiger partial charge on any atom is -0.379 e. The van der Waals surface area contributed by atoms with Crippen molar-refractivity contribution in [2.24, 2.45) is 0 Å². The normalized spacial score (nSPS) is 14.8. The van der Waals surface area contributed by atoms with Crippen molar-refractivity contribution in [2.75, 3.05) is 44.3 Å². The number of ether oxygens (including phenoxy) is 1. The Bertz CT molecular complexity index is 967. The van der Waals surface area contributed by atoms with Crippen LogP contribution in [0, 0.1) is 6.92 Å². The lowest BCUT2D eigenvalue weighted by atomic mass is 10.1. The first-order valence-corrected chi connectivity index (χ1v) is 11.5. The van der Waals surface area contributed by atoms with Gasteiger partial charge < -0.3 is 4.74 Å². The predicted octanol–water partition coefficient (Wildman–Crippen LogP) is 4.29. The van der Waals surface area contributed by atoms with E-state index in [1.807, 2.05) is 29.2 Å². The number of amides is 1. The first-order chi connectivity index (χ1) is 14.7. The number of rotatable bonds is 8. The van der Waals surface area contributed by atoms with E-state index in [9.17, 15) is 4.79 Å². The average molecular weight is 424 g/mol. The number of aryl methyl sites for hydroxylation is 2. The van der Waals surface area contributed by atoms with E-state index in [1.54, 1.807) is 11.3 Å². The highest BCUT2D eigenvalue weighted by Gasteiger charge is 2.20. The number of benzene rings is 2. The van der Waals surface area contributed by atoms with Crippen LogP contribution in [-0.4, -0.2) is 55.2 Å². The Morgan fingerprint density at radius 3 is 2.77 bits per heavy atom. The van der Waals surface area contributed by atoms with Gasteiger partial charge in [-0.05, 0) is 43.0 Å². The molecule has 2 heterocycles. The number of carbonyl (C=O) groups excluding carboxylic acids is 1. The van der Waals surface area contributed by atoms with Crippen molar-refractivity contribution >= 4 is 32.6 Å². The topological polar surface area (TPSA) is 45.7 Å². The molecule has 30 heavy (non-hydrogen) atoms. The highest BCUT2D eigenvalue weighted by molar-refractivity contribution is 7.22. The quantitative estimate of drug-likeness (QED) is 0.542. The van der Waals surface area contributed by atoms with Crippen molar-refractivity contribution in [1.29, 1.82) is 0 Å². The molecular weight excluding hydrogens is 394 g/mol. The Balaban J connectivity index is 1.46. The van der Waals surface area contributed by atoms with E-state index in [2.05, 4.69) is 36.1 Å². The van der Waals surface area contributed by atoms with E-state index in [1.165, 1.54) is 11.1 Å². The number of aromatic nitrogens is 1. The summed E-state index contributed by atoms with van der Waals surface area (Å²) in [5.74, 6) is 0.150. The molecule has 1 fully saturated rings. The summed E-state index contributed by atoms with van der Waals surface area (Å²) in [6, 6.07) is 16.5. The summed E-state index contributed by atoms with van der Waals surface area (Å²) in [6.07, 6.45) is 2.19. The molecule has 3 aromatic rings. The third-order valence-corrected chi connectivity index (χ3v) is 6.54. The maximum absolute atomic E-state index is 13.2. The fourth-order valence-electron chi connectivity index (χ4n) is 3.77. The molecular formula is C24H29N3O2S. The number of nitrogens with zero attached hydrogens (tertiary/aromatic N) is 3. The minimum atomic E-state index is 0.150. The second-order valence-corrected chi connectivity index (χ2v) is 8.82. The van der Waals surface area contributed by atoms with Gasteiger partial charge in [0, 0.05) is 32.6 Å². The summed E-state index contributed by atoms with van der Waals surface area (Å²) in [6.45, 7) is 7.32. The summed E-state index contributed by atoms with van der Waals surface area (Å²) in [5.41, 5.74) is 3.38. The van der Waals surface area contributed by atoms with Crippen LogP contribution in [0.3, 0.4) is 0 Å². The molecule has 1 aliphatic rings. The summed E-state index contributed by atoms with van der Waals surface area (Å²) in [4.78, 5) is 22.3. The molecule has 0 unspecified atom stereocenters. The van der Waals surface area contributed by atoms with E-state index < -0.39 is 0 Å². The zero-order valence-corrected chi connectivity index (χ0v) is 18.4. The number of morpholine rings is 1. The molecule has 0 N–H and O–H groups in total. The maximum atomic E-state index is 13.2. The Labute approximate surface area is 182 Å². The second-order valence-electron chi connectivity index (χ2n) is 7.81. The van der Waals surface area contributed by atoms with Crippen molar-refractivity contribution < 1.29 is 9.53 Å². The summed E-state index contributed by atoms with van der Waals surface area (Å²) < 4.78 is 6.58. The van der Waals surface area contributed by atoms with Gasteiger partial charge in [-0.25, -0.2) is 4.98 Å². The van der Waals surface area contributed by atoms with Gasteiger partial charge in [0.2, 0.25) is 5.91 Å². The molecule has 0 spiro atoms. The molecule has 0 aliphatic carbocycles. The summed E-state index contributed by atoms with van der Waals surface area (Å²) in [7, 11) is 0. The molecule has 6 heteroatoms. The van der Waals surface area contributed by atoms with E-state index in [-0.39, 0.29) is 5.91 Å². The van der Waals surface area contributed by atoms with E-state index >= 15 is 0 Å². The number of hydrogen-bond acceptors (Lipinski definition) is 5. The zero-order valence-electron chi connectivity index (χ0n) is 17.5. The fourth-order valence-corrected chi connectivity index (χ4v) is 4.88. The molecule has 0 saturated carbocycles. The fraction of sp³-hybridized carbons (Fsp3) is 0.417. The molecule has 4 rings (SSSR count). The largest absolute Gasteiger partial charge is 0.379 e. The molecule has 5 nitrogen and oxygen atoms in total. The van der Waals surface area contributed by atoms with Crippen LogP contribution >= 0.6 is 11.3 Å². The Kier molecular flexibility index (Phi) is 7.10. The van der Waals surface area contributed by atoms with Gasteiger partial charge in [0.1, 0.15) is 0 Å². The Morgan fingerprint density at radius 2 is 1.97 bits per heavy atom. The van der Waals surface area contributed by atoms with Crippen LogP contribution in [0.15, 0.2) is 48.5 Å². The SMILES string of the molecule is Cc1ccc2nc(N(CCCN3CCOCC3)C(=O)CCc3ccccc3)sc2c1.